The number of aryl methyl sites for hydroxylation is 1. The van der Waals surface area contributed by atoms with Crippen LogP contribution in [0, 0.1) is 6.92 Å². The van der Waals surface area contributed by atoms with Crippen molar-refractivity contribution in [3.8, 4) is 22.9 Å². The van der Waals surface area contributed by atoms with E-state index in [9.17, 15) is 0 Å². The van der Waals surface area contributed by atoms with Crippen molar-refractivity contribution in [1.29, 1.82) is 0 Å². The van der Waals surface area contributed by atoms with E-state index in [0.717, 1.165) is 16.8 Å². The van der Waals surface area contributed by atoms with Gasteiger partial charge in [-0.2, -0.15) is 0 Å². The maximum Gasteiger partial charge on any atom is 0.183 e. The predicted octanol–water partition coefficient (Wildman–Crippen LogP) is 4.13. The Balaban J connectivity index is 1.79. The third kappa shape index (κ3) is 4.03. The highest BCUT2D eigenvalue weighted by atomic mass is 35.5. The molecule has 134 valence electrons. The van der Waals surface area contributed by atoms with E-state index in [1.165, 1.54) is 0 Å². The fourth-order valence-electron chi connectivity index (χ4n) is 2.44. The molecule has 1 N–H and O–H groups in total. The van der Waals surface area contributed by atoms with Gasteiger partial charge in [0.1, 0.15) is 5.69 Å². The summed E-state index contributed by atoms with van der Waals surface area (Å²) < 4.78 is 10.6. The molecule has 0 fully saturated rings. The molecule has 0 spiro atoms. The predicted molar refractivity (Wildman–Crippen MR) is 102 cm³/mol. The summed E-state index contributed by atoms with van der Waals surface area (Å²) >= 11 is 5.93. The quantitative estimate of drug-likeness (QED) is 0.703. The highest BCUT2D eigenvalue weighted by Crippen LogP contribution is 2.28. The minimum Gasteiger partial charge on any atom is -0.493 e. The molecule has 0 unspecified atom stereocenters. The molecule has 0 saturated heterocycles. The molecule has 0 bridgehead atoms. The Bertz CT molecular complexity index is 901. The maximum atomic E-state index is 5.93. The molecule has 0 aliphatic heterocycles. The van der Waals surface area contributed by atoms with Crippen LogP contribution in [0.25, 0.3) is 11.4 Å². The molecule has 0 amide bonds. The molecule has 7 heteroatoms. The van der Waals surface area contributed by atoms with Gasteiger partial charge in [-0.25, -0.2) is 4.98 Å². The third-order valence-electron chi connectivity index (χ3n) is 3.87. The molecular weight excluding hydrogens is 352 g/mol. The number of nitrogens with one attached hydrogen (secondary N) is 1. The number of rotatable bonds is 6. The fourth-order valence-corrected chi connectivity index (χ4v) is 2.57. The summed E-state index contributed by atoms with van der Waals surface area (Å²) in [5, 5.41) is 12.3. The van der Waals surface area contributed by atoms with Gasteiger partial charge in [0.2, 0.25) is 0 Å². The Morgan fingerprint density at radius 3 is 2.38 bits per heavy atom. The molecule has 26 heavy (non-hydrogen) atoms. The van der Waals surface area contributed by atoms with Crippen molar-refractivity contribution in [3.63, 3.8) is 0 Å². The lowest BCUT2D eigenvalue weighted by atomic mass is 10.2. The molecule has 0 aliphatic rings. The molecule has 3 aromatic rings. The summed E-state index contributed by atoms with van der Waals surface area (Å²) in [6.07, 6.45) is 0. The largest absolute Gasteiger partial charge is 0.493 e. The van der Waals surface area contributed by atoms with Gasteiger partial charge in [-0.05, 0) is 48.9 Å². The Labute approximate surface area is 157 Å². The molecule has 0 radical (unpaired) electrons. The third-order valence-corrected chi connectivity index (χ3v) is 4.12. The topological polar surface area (TPSA) is 69.2 Å². The maximum absolute atomic E-state index is 5.93. The van der Waals surface area contributed by atoms with Crippen LogP contribution in [0.3, 0.4) is 0 Å². The first kappa shape index (κ1) is 17.9. The first-order valence-corrected chi connectivity index (χ1v) is 8.40. The second-order valence-electron chi connectivity index (χ2n) is 5.62. The summed E-state index contributed by atoms with van der Waals surface area (Å²) in [5.74, 6) is 2.61. The van der Waals surface area contributed by atoms with Crippen molar-refractivity contribution in [2.45, 2.75) is 13.5 Å². The Morgan fingerprint density at radius 1 is 0.962 bits per heavy atom. The lowest BCUT2D eigenvalue weighted by molar-refractivity contribution is 0.354. The normalized spacial score (nSPS) is 10.5. The van der Waals surface area contributed by atoms with Crippen molar-refractivity contribution in [3.05, 3.63) is 58.7 Å². The fraction of sp³-hybridized carbons (Fsp3) is 0.211. The van der Waals surface area contributed by atoms with Gasteiger partial charge >= 0.3 is 0 Å². The summed E-state index contributed by atoms with van der Waals surface area (Å²) in [6, 6.07) is 13.1. The van der Waals surface area contributed by atoms with E-state index in [2.05, 4.69) is 20.5 Å². The first-order chi connectivity index (χ1) is 12.6. The lowest BCUT2D eigenvalue weighted by Gasteiger charge is -2.12. The number of ether oxygens (including phenoxy) is 2. The minimum atomic E-state index is 0.544. The molecular formula is C19H19ClN4O2. The van der Waals surface area contributed by atoms with Crippen LogP contribution < -0.4 is 14.8 Å². The van der Waals surface area contributed by atoms with E-state index in [0.29, 0.717) is 34.7 Å². The van der Waals surface area contributed by atoms with Crippen LogP contribution in [0.15, 0.2) is 42.5 Å². The van der Waals surface area contributed by atoms with E-state index in [-0.39, 0.29) is 0 Å². The van der Waals surface area contributed by atoms with E-state index in [1.807, 2.05) is 37.3 Å². The number of hydrogen-bond donors (Lipinski definition) is 1. The number of hydrogen-bond acceptors (Lipinski definition) is 6. The monoisotopic (exact) mass is 370 g/mol. The van der Waals surface area contributed by atoms with Gasteiger partial charge in [-0.1, -0.05) is 17.7 Å². The number of halogens is 1. The molecule has 2 aromatic carbocycles. The Hall–Kier alpha value is -2.86. The average Bonchev–Trinajstić information content (AvgIpc) is 2.67. The zero-order chi connectivity index (χ0) is 18.5. The standard InChI is InChI=1S/C19H19ClN4O2/c1-12-18(21-11-13-4-9-16(25-2)17(10-13)26-3)22-19(24-23-12)14-5-7-15(20)8-6-14/h4-10H,11H2,1-3H3,(H,21,22,24). The van der Waals surface area contributed by atoms with Gasteiger partial charge in [-0.15, -0.1) is 10.2 Å². The summed E-state index contributed by atoms with van der Waals surface area (Å²) in [7, 11) is 3.23. The lowest BCUT2D eigenvalue weighted by Crippen LogP contribution is -2.07. The van der Waals surface area contributed by atoms with Crippen LogP contribution in [0.5, 0.6) is 11.5 Å². The van der Waals surface area contributed by atoms with Crippen LogP contribution in [0.2, 0.25) is 5.02 Å². The van der Waals surface area contributed by atoms with Gasteiger partial charge in [0.25, 0.3) is 0 Å². The summed E-state index contributed by atoms with van der Waals surface area (Å²) in [4.78, 5) is 4.58. The van der Waals surface area contributed by atoms with E-state index >= 15 is 0 Å². The van der Waals surface area contributed by atoms with Gasteiger partial charge in [0.05, 0.1) is 14.2 Å². The summed E-state index contributed by atoms with van der Waals surface area (Å²) in [6.45, 7) is 2.43. The van der Waals surface area contributed by atoms with Gasteiger partial charge in [0, 0.05) is 17.1 Å². The Kier molecular flexibility index (Phi) is 5.53. The average molecular weight is 371 g/mol. The molecule has 0 atom stereocenters. The van der Waals surface area contributed by atoms with Crippen molar-refractivity contribution >= 4 is 17.4 Å². The number of anilines is 1. The van der Waals surface area contributed by atoms with E-state index in [4.69, 9.17) is 21.1 Å². The molecule has 1 aromatic heterocycles. The van der Waals surface area contributed by atoms with Crippen LogP contribution in [0.1, 0.15) is 11.3 Å². The van der Waals surface area contributed by atoms with Crippen LogP contribution >= 0.6 is 11.6 Å². The van der Waals surface area contributed by atoms with Crippen molar-refractivity contribution < 1.29 is 9.47 Å². The van der Waals surface area contributed by atoms with Gasteiger partial charge < -0.3 is 14.8 Å². The number of nitrogens with zero attached hydrogens (tertiary/aromatic N) is 3. The second kappa shape index (κ2) is 8.01. The molecule has 3 rings (SSSR count). The smallest absolute Gasteiger partial charge is 0.183 e. The van der Waals surface area contributed by atoms with Crippen LogP contribution in [0.4, 0.5) is 5.82 Å². The van der Waals surface area contributed by atoms with Crippen molar-refractivity contribution in [2.75, 3.05) is 19.5 Å². The number of methoxy groups -OCH3 is 2. The van der Waals surface area contributed by atoms with Crippen molar-refractivity contribution in [2.24, 2.45) is 0 Å². The molecule has 0 saturated carbocycles. The van der Waals surface area contributed by atoms with Gasteiger partial charge in [0.15, 0.2) is 23.1 Å². The first-order valence-electron chi connectivity index (χ1n) is 8.02. The van der Waals surface area contributed by atoms with Gasteiger partial charge in [-0.3, -0.25) is 0 Å². The van der Waals surface area contributed by atoms with Crippen molar-refractivity contribution in [1.82, 2.24) is 15.2 Å². The highest BCUT2D eigenvalue weighted by Gasteiger charge is 2.09. The number of benzene rings is 2. The molecule has 0 aliphatic carbocycles. The van der Waals surface area contributed by atoms with Crippen LogP contribution in [-0.4, -0.2) is 29.4 Å². The minimum absolute atomic E-state index is 0.544. The number of aromatic nitrogens is 3. The zero-order valence-electron chi connectivity index (χ0n) is 14.8. The zero-order valence-corrected chi connectivity index (χ0v) is 15.5. The second-order valence-corrected chi connectivity index (χ2v) is 6.06. The highest BCUT2D eigenvalue weighted by molar-refractivity contribution is 6.30. The Morgan fingerprint density at radius 2 is 1.69 bits per heavy atom. The van der Waals surface area contributed by atoms with E-state index in [1.54, 1.807) is 26.4 Å². The molecule has 6 nitrogen and oxygen atoms in total. The SMILES string of the molecule is COc1ccc(CNc2nc(-c3ccc(Cl)cc3)nnc2C)cc1OC. The molecule has 1 heterocycles. The summed E-state index contributed by atoms with van der Waals surface area (Å²) in [5.41, 5.74) is 2.62. The van der Waals surface area contributed by atoms with E-state index < -0.39 is 0 Å². The van der Waals surface area contributed by atoms with Crippen LogP contribution in [-0.2, 0) is 6.54 Å².